The van der Waals surface area contributed by atoms with Crippen LogP contribution in [0.1, 0.15) is 40.0 Å². The van der Waals surface area contributed by atoms with E-state index in [9.17, 15) is 9.59 Å². The third-order valence-electron chi connectivity index (χ3n) is 2.59. The second-order valence-electron chi connectivity index (χ2n) is 5.40. The number of hydrogen-bond donors (Lipinski definition) is 0. The standard InChI is InChI=1S/C12H20O4/c1-11(2,3)16-10(14)7-9(13)12(5-6-12)8-15-4/h5-8H2,1-4H3. The van der Waals surface area contributed by atoms with Crippen LogP contribution in [0.5, 0.6) is 0 Å². The lowest BCUT2D eigenvalue weighted by Crippen LogP contribution is -2.29. The molecule has 4 nitrogen and oxygen atoms in total. The van der Waals surface area contributed by atoms with Gasteiger partial charge < -0.3 is 9.47 Å². The Morgan fingerprint density at radius 1 is 1.25 bits per heavy atom. The number of rotatable bonds is 5. The lowest BCUT2D eigenvalue weighted by molar-refractivity contribution is -0.157. The average molecular weight is 228 g/mol. The molecule has 0 amide bonds. The summed E-state index contributed by atoms with van der Waals surface area (Å²) < 4.78 is 10.1. The van der Waals surface area contributed by atoms with Crippen molar-refractivity contribution in [3.8, 4) is 0 Å². The van der Waals surface area contributed by atoms with Crippen LogP contribution in [-0.2, 0) is 19.1 Å². The first-order chi connectivity index (χ1) is 7.29. The SMILES string of the molecule is COCC1(C(=O)CC(=O)OC(C)(C)C)CC1. The Labute approximate surface area is 96.3 Å². The lowest BCUT2D eigenvalue weighted by Gasteiger charge is -2.20. The van der Waals surface area contributed by atoms with Gasteiger partial charge in [-0.25, -0.2) is 0 Å². The van der Waals surface area contributed by atoms with Crippen molar-refractivity contribution < 1.29 is 19.1 Å². The third kappa shape index (κ3) is 3.59. The van der Waals surface area contributed by atoms with Crippen molar-refractivity contribution in [2.45, 2.75) is 45.6 Å². The van der Waals surface area contributed by atoms with Crippen LogP contribution in [0.2, 0.25) is 0 Å². The summed E-state index contributed by atoms with van der Waals surface area (Å²) in [6.45, 7) is 5.78. The van der Waals surface area contributed by atoms with Gasteiger partial charge in [0.15, 0.2) is 5.78 Å². The van der Waals surface area contributed by atoms with E-state index in [2.05, 4.69) is 0 Å². The second kappa shape index (κ2) is 4.53. The minimum absolute atomic E-state index is 0.0522. The molecule has 0 bridgehead atoms. The molecular weight excluding hydrogens is 208 g/mol. The van der Waals surface area contributed by atoms with Crippen molar-refractivity contribution in [2.24, 2.45) is 5.41 Å². The summed E-state index contributed by atoms with van der Waals surface area (Å²) in [6, 6.07) is 0. The quantitative estimate of drug-likeness (QED) is 0.531. The molecule has 0 radical (unpaired) electrons. The third-order valence-corrected chi connectivity index (χ3v) is 2.59. The van der Waals surface area contributed by atoms with Crippen LogP contribution in [0.15, 0.2) is 0 Å². The van der Waals surface area contributed by atoms with Gasteiger partial charge in [-0.05, 0) is 33.6 Å². The van der Waals surface area contributed by atoms with Crippen LogP contribution in [0.3, 0.4) is 0 Å². The second-order valence-corrected chi connectivity index (χ2v) is 5.40. The Morgan fingerprint density at radius 2 is 1.81 bits per heavy atom. The van der Waals surface area contributed by atoms with Crippen LogP contribution in [0, 0.1) is 5.41 Å². The first kappa shape index (κ1) is 13.2. The van der Waals surface area contributed by atoms with Gasteiger partial charge >= 0.3 is 5.97 Å². The molecule has 0 spiro atoms. The molecule has 1 saturated carbocycles. The van der Waals surface area contributed by atoms with Gasteiger partial charge in [0.1, 0.15) is 12.0 Å². The van der Waals surface area contributed by atoms with Crippen LogP contribution in [0.4, 0.5) is 0 Å². The summed E-state index contributed by atoms with van der Waals surface area (Å²) in [5.74, 6) is -0.497. The number of Topliss-reactive ketones (excluding diaryl/α,β-unsaturated/α-hetero) is 1. The normalized spacial score (nSPS) is 18.0. The Hall–Kier alpha value is -0.900. The van der Waals surface area contributed by atoms with Crippen molar-refractivity contribution in [1.82, 2.24) is 0 Å². The molecule has 0 unspecified atom stereocenters. The Bertz CT molecular complexity index is 284. The van der Waals surface area contributed by atoms with Crippen LogP contribution < -0.4 is 0 Å². The molecule has 0 heterocycles. The molecule has 0 aliphatic heterocycles. The van der Waals surface area contributed by atoms with Crippen molar-refractivity contribution in [3.63, 3.8) is 0 Å². The molecule has 92 valence electrons. The molecule has 1 rings (SSSR count). The smallest absolute Gasteiger partial charge is 0.313 e. The van der Waals surface area contributed by atoms with Gasteiger partial charge in [0.25, 0.3) is 0 Å². The van der Waals surface area contributed by atoms with E-state index in [1.54, 1.807) is 27.9 Å². The van der Waals surface area contributed by atoms with Gasteiger partial charge in [0.05, 0.1) is 12.0 Å². The number of carbonyl (C=O) groups excluding carboxylic acids is 2. The summed E-state index contributed by atoms with van der Waals surface area (Å²) in [4.78, 5) is 23.3. The number of hydrogen-bond acceptors (Lipinski definition) is 4. The van der Waals surface area contributed by atoms with E-state index in [1.165, 1.54) is 0 Å². The fraction of sp³-hybridized carbons (Fsp3) is 0.833. The summed E-state index contributed by atoms with van der Waals surface area (Å²) in [7, 11) is 1.57. The molecule has 0 aromatic carbocycles. The molecule has 16 heavy (non-hydrogen) atoms. The van der Waals surface area contributed by atoms with Gasteiger partial charge in [0.2, 0.25) is 0 Å². The molecule has 0 aromatic heterocycles. The summed E-state index contributed by atoms with van der Waals surface area (Å²) in [6.07, 6.45) is 1.51. The fourth-order valence-electron chi connectivity index (χ4n) is 1.63. The van der Waals surface area contributed by atoms with E-state index in [4.69, 9.17) is 9.47 Å². The highest BCUT2D eigenvalue weighted by atomic mass is 16.6. The predicted molar refractivity (Wildman–Crippen MR) is 59.0 cm³/mol. The maximum atomic E-state index is 11.8. The van der Waals surface area contributed by atoms with Crippen molar-refractivity contribution in [1.29, 1.82) is 0 Å². The maximum Gasteiger partial charge on any atom is 0.313 e. The topological polar surface area (TPSA) is 52.6 Å². The molecule has 0 atom stereocenters. The molecule has 0 saturated heterocycles. The van der Waals surface area contributed by atoms with Gasteiger partial charge in [-0.15, -0.1) is 0 Å². The van der Waals surface area contributed by atoms with Crippen molar-refractivity contribution in [2.75, 3.05) is 13.7 Å². The van der Waals surface area contributed by atoms with Gasteiger partial charge in [-0.2, -0.15) is 0 Å². The zero-order valence-corrected chi connectivity index (χ0v) is 10.5. The van der Waals surface area contributed by atoms with Gasteiger partial charge in [-0.1, -0.05) is 0 Å². The van der Waals surface area contributed by atoms with E-state index in [0.717, 1.165) is 12.8 Å². The zero-order valence-electron chi connectivity index (χ0n) is 10.5. The highest BCUT2D eigenvalue weighted by Gasteiger charge is 2.49. The van der Waals surface area contributed by atoms with E-state index in [0.29, 0.717) is 6.61 Å². The summed E-state index contributed by atoms with van der Waals surface area (Å²) in [5.41, 5.74) is -0.930. The van der Waals surface area contributed by atoms with Crippen molar-refractivity contribution >= 4 is 11.8 Å². The number of methoxy groups -OCH3 is 1. The number of esters is 1. The molecule has 4 heteroatoms. The number of carbonyl (C=O) groups is 2. The molecule has 0 N–H and O–H groups in total. The largest absolute Gasteiger partial charge is 0.460 e. The summed E-state index contributed by atoms with van der Waals surface area (Å²) in [5, 5.41) is 0. The monoisotopic (exact) mass is 228 g/mol. The van der Waals surface area contributed by atoms with Gasteiger partial charge in [-0.3, -0.25) is 9.59 Å². The molecule has 1 aliphatic carbocycles. The predicted octanol–water partition coefficient (Wildman–Crippen LogP) is 1.71. The lowest BCUT2D eigenvalue weighted by atomic mass is 9.99. The van der Waals surface area contributed by atoms with E-state index >= 15 is 0 Å². The van der Waals surface area contributed by atoms with Crippen LogP contribution in [0.25, 0.3) is 0 Å². The van der Waals surface area contributed by atoms with Crippen LogP contribution in [-0.4, -0.2) is 31.1 Å². The highest BCUT2D eigenvalue weighted by molar-refractivity contribution is 6.00. The molecule has 1 aliphatic rings. The molecule has 0 aromatic rings. The Morgan fingerprint density at radius 3 is 2.19 bits per heavy atom. The Balaban J connectivity index is 2.43. The maximum absolute atomic E-state index is 11.8. The zero-order chi connectivity index (χ0) is 12.4. The molecule has 1 fully saturated rings. The first-order valence-electron chi connectivity index (χ1n) is 5.53. The van der Waals surface area contributed by atoms with E-state index < -0.39 is 17.0 Å². The van der Waals surface area contributed by atoms with E-state index in [-0.39, 0.29) is 12.2 Å². The van der Waals surface area contributed by atoms with Crippen LogP contribution >= 0.6 is 0 Å². The van der Waals surface area contributed by atoms with E-state index in [1.807, 2.05) is 0 Å². The van der Waals surface area contributed by atoms with Gasteiger partial charge in [0, 0.05) is 7.11 Å². The average Bonchev–Trinajstić information content (AvgIpc) is 2.82. The minimum atomic E-state index is -0.532. The first-order valence-corrected chi connectivity index (χ1v) is 5.53. The Kier molecular flexibility index (Phi) is 3.73. The summed E-state index contributed by atoms with van der Waals surface area (Å²) >= 11 is 0. The highest BCUT2D eigenvalue weighted by Crippen LogP contribution is 2.47. The fourth-order valence-corrected chi connectivity index (χ4v) is 1.63. The molecular formula is C12H20O4. The number of ether oxygens (including phenoxy) is 2. The van der Waals surface area contributed by atoms with Crippen molar-refractivity contribution in [3.05, 3.63) is 0 Å². The minimum Gasteiger partial charge on any atom is -0.460 e. The number of ketones is 1.